The van der Waals surface area contributed by atoms with Gasteiger partial charge in [-0.1, -0.05) is 31.8 Å². The van der Waals surface area contributed by atoms with E-state index in [0.29, 0.717) is 49.2 Å². The minimum Gasteiger partial charge on any atom is -0.481 e. The maximum Gasteiger partial charge on any atom is 0.307 e. The number of ether oxygens (including phenoxy) is 1. The van der Waals surface area contributed by atoms with Crippen molar-refractivity contribution in [1.29, 1.82) is 0 Å². The molecule has 2 atom stereocenters. The van der Waals surface area contributed by atoms with E-state index in [1.807, 2.05) is 13.8 Å². The lowest BCUT2D eigenvalue weighted by atomic mass is 9.79. The lowest BCUT2D eigenvalue weighted by Crippen LogP contribution is -2.36. The van der Waals surface area contributed by atoms with Crippen LogP contribution in [0.1, 0.15) is 61.7 Å². The molecule has 1 aliphatic heterocycles. The number of rotatable bonds is 5. The number of aromatic nitrogens is 2. The molecule has 2 N–H and O–H groups in total. The van der Waals surface area contributed by atoms with Crippen LogP contribution in [0.3, 0.4) is 0 Å². The van der Waals surface area contributed by atoms with Crippen molar-refractivity contribution in [3.63, 3.8) is 0 Å². The Balaban J connectivity index is 1.67. The Morgan fingerprint density at radius 1 is 1.24 bits per heavy atom. The molecule has 2 aromatic heterocycles. The van der Waals surface area contributed by atoms with E-state index in [4.69, 9.17) is 9.26 Å². The number of carboxylic acids is 1. The van der Waals surface area contributed by atoms with Crippen LogP contribution < -0.4 is 5.32 Å². The predicted molar refractivity (Wildman–Crippen MR) is 107 cm³/mol. The monoisotopic (exact) mass is 419 g/mol. The van der Waals surface area contributed by atoms with Gasteiger partial charge in [0.25, 0.3) is 5.89 Å². The Hall–Kier alpha value is -2.26. The van der Waals surface area contributed by atoms with E-state index < -0.39 is 17.8 Å². The van der Waals surface area contributed by atoms with Crippen LogP contribution in [0, 0.1) is 11.8 Å². The zero-order valence-electron chi connectivity index (χ0n) is 16.6. The number of aliphatic carboxylic acids is 1. The van der Waals surface area contributed by atoms with Gasteiger partial charge < -0.3 is 19.7 Å². The van der Waals surface area contributed by atoms with Gasteiger partial charge >= 0.3 is 5.97 Å². The van der Waals surface area contributed by atoms with Crippen molar-refractivity contribution in [1.82, 2.24) is 10.1 Å². The van der Waals surface area contributed by atoms with Crippen LogP contribution in [-0.4, -0.2) is 33.7 Å². The number of nitrogens with one attached hydrogen (secondary N) is 1. The Morgan fingerprint density at radius 3 is 2.69 bits per heavy atom. The van der Waals surface area contributed by atoms with Gasteiger partial charge in [0.1, 0.15) is 5.00 Å². The molecule has 2 aliphatic rings. The molecule has 1 fully saturated rings. The number of carbonyl (C=O) groups excluding carboxylic acids is 1. The molecule has 0 bridgehead atoms. The second-order valence-electron chi connectivity index (χ2n) is 7.95. The summed E-state index contributed by atoms with van der Waals surface area (Å²) < 4.78 is 11.1. The van der Waals surface area contributed by atoms with E-state index in [9.17, 15) is 14.7 Å². The fraction of sp³-hybridized carbons (Fsp3) is 0.600. The zero-order chi connectivity index (χ0) is 20.5. The molecule has 29 heavy (non-hydrogen) atoms. The minimum absolute atomic E-state index is 0.127. The van der Waals surface area contributed by atoms with Crippen molar-refractivity contribution in [3.05, 3.63) is 16.3 Å². The zero-order valence-corrected chi connectivity index (χ0v) is 17.4. The second kappa shape index (κ2) is 8.23. The molecule has 0 radical (unpaired) electrons. The molecule has 156 valence electrons. The first-order valence-electron chi connectivity index (χ1n) is 10.1. The van der Waals surface area contributed by atoms with Crippen LogP contribution in [0.5, 0.6) is 0 Å². The molecule has 8 nitrogen and oxygen atoms in total. The first-order chi connectivity index (χ1) is 14.0. The van der Waals surface area contributed by atoms with Crippen LogP contribution in [0.25, 0.3) is 11.5 Å². The van der Waals surface area contributed by atoms with Crippen molar-refractivity contribution < 1.29 is 24.0 Å². The number of carboxylic acid groups (broad SMARTS) is 1. The summed E-state index contributed by atoms with van der Waals surface area (Å²) in [6.45, 7) is 5.06. The number of nitrogens with zero attached hydrogens (tertiary/aromatic N) is 2. The molecular weight excluding hydrogens is 394 g/mol. The van der Waals surface area contributed by atoms with Crippen LogP contribution >= 0.6 is 11.3 Å². The Labute approximate surface area is 172 Å². The minimum atomic E-state index is -0.901. The van der Waals surface area contributed by atoms with Gasteiger partial charge in [0.2, 0.25) is 5.91 Å². The number of amides is 1. The molecule has 0 spiro atoms. The van der Waals surface area contributed by atoms with Gasteiger partial charge in [0, 0.05) is 10.8 Å². The van der Waals surface area contributed by atoms with E-state index in [1.54, 1.807) is 0 Å². The summed E-state index contributed by atoms with van der Waals surface area (Å²) in [4.78, 5) is 30.2. The van der Waals surface area contributed by atoms with Gasteiger partial charge in [-0.25, -0.2) is 0 Å². The van der Waals surface area contributed by atoms with E-state index in [2.05, 4.69) is 15.5 Å². The Morgan fingerprint density at radius 2 is 2.00 bits per heavy atom. The Kier molecular flexibility index (Phi) is 5.69. The van der Waals surface area contributed by atoms with Gasteiger partial charge in [0.05, 0.1) is 30.6 Å². The number of thiophene rings is 1. The SMILES string of the molecule is CC(C)c1noc(-c2c(NC(=O)[C@H]3CCCC[C@H]3C(=O)O)sc3c2CCOC3)n1. The molecule has 9 heteroatoms. The van der Waals surface area contributed by atoms with Crippen molar-refractivity contribution >= 4 is 28.2 Å². The molecule has 1 saturated carbocycles. The second-order valence-corrected chi connectivity index (χ2v) is 9.05. The van der Waals surface area contributed by atoms with E-state index in [-0.39, 0.29) is 11.8 Å². The highest BCUT2D eigenvalue weighted by molar-refractivity contribution is 7.17. The molecule has 1 aliphatic carbocycles. The first kappa shape index (κ1) is 20.0. The quantitative estimate of drug-likeness (QED) is 0.757. The third-order valence-electron chi connectivity index (χ3n) is 5.65. The number of anilines is 1. The summed E-state index contributed by atoms with van der Waals surface area (Å²) >= 11 is 1.44. The van der Waals surface area contributed by atoms with E-state index in [0.717, 1.165) is 28.8 Å². The molecule has 4 rings (SSSR count). The third-order valence-corrected chi connectivity index (χ3v) is 6.77. The van der Waals surface area contributed by atoms with Crippen LogP contribution in [-0.2, 0) is 27.4 Å². The normalized spacial score (nSPS) is 21.8. The van der Waals surface area contributed by atoms with Crippen LogP contribution in [0.15, 0.2) is 4.52 Å². The lowest BCUT2D eigenvalue weighted by Gasteiger charge is -2.27. The third kappa shape index (κ3) is 3.93. The maximum atomic E-state index is 13.0. The highest BCUT2D eigenvalue weighted by atomic mass is 32.1. The van der Waals surface area contributed by atoms with Gasteiger partial charge in [-0.15, -0.1) is 11.3 Å². The lowest BCUT2D eigenvalue weighted by molar-refractivity contribution is -0.147. The molecular formula is C20H25N3O5S. The van der Waals surface area contributed by atoms with Crippen molar-refractivity contribution in [2.45, 2.75) is 58.5 Å². The molecule has 0 aromatic carbocycles. The fourth-order valence-corrected chi connectivity index (χ4v) is 5.24. The van der Waals surface area contributed by atoms with Crippen molar-refractivity contribution in [3.8, 4) is 11.5 Å². The summed E-state index contributed by atoms with van der Waals surface area (Å²) in [6, 6.07) is 0. The summed E-state index contributed by atoms with van der Waals surface area (Å²) in [7, 11) is 0. The van der Waals surface area contributed by atoms with Crippen molar-refractivity contribution in [2.75, 3.05) is 11.9 Å². The van der Waals surface area contributed by atoms with Crippen LogP contribution in [0.2, 0.25) is 0 Å². The number of fused-ring (bicyclic) bond motifs is 1. The summed E-state index contributed by atoms with van der Waals surface area (Å²) in [5, 5.41) is 17.2. The largest absolute Gasteiger partial charge is 0.481 e. The highest BCUT2D eigenvalue weighted by Crippen LogP contribution is 2.43. The van der Waals surface area contributed by atoms with E-state index in [1.165, 1.54) is 11.3 Å². The standard InChI is InChI=1S/C20H25N3O5S/c1-10(2)16-21-18(28-23-16)15-13-7-8-27-9-14(13)29-19(15)22-17(24)11-5-3-4-6-12(11)20(25)26/h10-12H,3-9H2,1-2H3,(H,22,24)(H,25,26)/t11-,12+/m0/s1. The average molecular weight is 420 g/mol. The van der Waals surface area contributed by atoms with Crippen LogP contribution in [0.4, 0.5) is 5.00 Å². The summed E-state index contributed by atoms with van der Waals surface area (Å²) in [5.74, 6) is -1.19. The number of hydrogen-bond donors (Lipinski definition) is 2. The molecule has 1 amide bonds. The first-order valence-corrected chi connectivity index (χ1v) is 10.9. The summed E-state index contributed by atoms with van der Waals surface area (Å²) in [6.07, 6.45) is 3.54. The molecule has 0 saturated heterocycles. The fourth-order valence-electron chi connectivity index (χ4n) is 4.06. The van der Waals surface area contributed by atoms with Gasteiger partial charge in [0.15, 0.2) is 5.82 Å². The highest BCUT2D eigenvalue weighted by Gasteiger charge is 2.37. The van der Waals surface area contributed by atoms with Crippen molar-refractivity contribution in [2.24, 2.45) is 11.8 Å². The molecule has 0 unspecified atom stereocenters. The Bertz CT molecular complexity index is 919. The van der Waals surface area contributed by atoms with E-state index >= 15 is 0 Å². The number of carbonyl (C=O) groups is 2. The predicted octanol–water partition coefficient (Wildman–Crippen LogP) is 3.82. The smallest absolute Gasteiger partial charge is 0.307 e. The molecule has 2 aromatic rings. The average Bonchev–Trinajstić information content (AvgIpc) is 3.32. The maximum absolute atomic E-state index is 13.0. The topological polar surface area (TPSA) is 115 Å². The summed E-state index contributed by atoms with van der Waals surface area (Å²) in [5.41, 5.74) is 1.82. The number of hydrogen-bond acceptors (Lipinski definition) is 7. The van der Waals surface area contributed by atoms with Gasteiger partial charge in [-0.2, -0.15) is 4.98 Å². The van der Waals surface area contributed by atoms with Gasteiger partial charge in [-0.05, 0) is 24.8 Å². The van der Waals surface area contributed by atoms with Gasteiger partial charge in [-0.3, -0.25) is 9.59 Å². The molecule has 3 heterocycles.